The summed E-state index contributed by atoms with van der Waals surface area (Å²) >= 11 is 0. The number of rotatable bonds is 1. The van der Waals surface area contributed by atoms with E-state index in [1.807, 2.05) is 0 Å². The number of anilines is 1. The number of nitrogens with zero attached hydrogens (tertiary/aromatic N) is 3. The van der Waals surface area contributed by atoms with Crippen molar-refractivity contribution < 1.29 is 0 Å². The van der Waals surface area contributed by atoms with Crippen LogP contribution in [0, 0.1) is 0 Å². The first-order valence-electron chi connectivity index (χ1n) is 7.25. The molecule has 5 rings (SSSR count). The van der Waals surface area contributed by atoms with Crippen molar-refractivity contribution in [3.05, 3.63) is 36.4 Å². The fraction of sp³-hybridized carbons (Fsp3) is 0.438. The molecule has 0 radical (unpaired) electrons. The van der Waals surface area contributed by atoms with E-state index in [1.165, 1.54) is 37.9 Å². The van der Waals surface area contributed by atoms with Crippen molar-refractivity contribution in [1.29, 1.82) is 0 Å². The molecule has 1 aromatic carbocycles. The molecular weight excluding hydrogens is 314 g/mol. The zero-order valence-electron chi connectivity index (χ0n) is 11.5. The van der Waals surface area contributed by atoms with Crippen molar-refractivity contribution in [2.24, 2.45) is 0 Å². The summed E-state index contributed by atoms with van der Waals surface area (Å²) in [5.41, 5.74) is 1.11. The number of aromatic nitrogens is 1. The first kappa shape index (κ1) is 13.8. The van der Waals surface area contributed by atoms with E-state index >= 15 is 0 Å². The van der Waals surface area contributed by atoms with Gasteiger partial charge in [0.2, 0.25) is 0 Å². The third-order valence-electron chi connectivity index (χ3n) is 4.53. The van der Waals surface area contributed by atoms with E-state index < -0.39 is 0 Å². The molecule has 0 aliphatic carbocycles. The zero-order valence-corrected chi connectivity index (χ0v) is 13.2. The standard InChI is InChI=1S/C16H19N3.BrH/c1-2-4-15-13(3-1)5-6-16(17-15)19-12-11-18-9-7-14(19)8-10-18;/h1-6,14H,7-12H2;1H. The largest absolute Gasteiger partial charge is 0.352 e. The van der Waals surface area contributed by atoms with E-state index in [1.54, 1.807) is 0 Å². The lowest BCUT2D eigenvalue weighted by Gasteiger charge is -2.32. The van der Waals surface area contributed by atoms with E-state index in [2.05, 4.69) is 46.2 Å². The maximum Gasteiger partial charge on any atom is 0.129 e. The predicted octanol–water partition coefficient (Wildman–Crippen LogP) is 3.10. The van der Waals surface area contributed by atoms with Gasteiger partial charge in [0.1, 0.15) is 5.82 Å². The Bertz CT molecular complexity index is 593. The van der Waals surface area contributed by atoms with Crippen molar-refractivity contribution in [1.82, 2.24) is 9.88 Å². The van der Waals surface area contributed by atoms with Gasteiger partial charge in [0.25, 0.3) is 0 Å². The van der Waals surface area contributed by atoms with Gasteiger partial charge < -0.3 is 9.80 Å². The van der Waals surface area contributed by atoms with Gasteiger partial charge in [-0.2, -0.15) is 0 Å². The Morgan fingerprint density at radius 2 is 1.70 bits per heavy atom. The summed E-state index contributed by atoms with van der Waals surface area (Å²) in [5, 5.41) is 1.23. The first-order chi connectivity index (χ1) is 9.40. The number of halogens is 1. The van der Waals surface area contributed by atoms with Gasteiger partial charge in [0, 0.05) is 37.6 Å². The minimum atomic E-state index is 0. The molecule has 0 spiro atoms. The van der Waals surface area contributed by atoms with Gasteiger partial charge in [-0.05, 0) is 31.0 Å². The number of benzene rings is 1. The van der Waals surface area contributed by atoms with Crippen LogP contribution in [-0.2, 0) is 0 Å². The third-order valence-corrected chi connectivity index (χ3v) is 4.53. The van der Waals surface area contributed by atoms with E-state index in [0.29, 0.717) is 6.04 Å². The number of hydrogen-bond acceptors (Lipinski definition) is 3. The molecule has 3 fully saturated rings. The maximum atomic E-state index is 4.86. The molecule has 3 nitrogen and oxygen atoms in total. The first-order valence-corrected chi connectivity index (χ1v) is 7.25. The summed E-state index contributed by atoms with van der Waals surface area (Å²) < 4.78 is 0. The quantitative estimate of drug-likeness (QED) is 0.799. The van der Waals surface area contributed by atoms with Crippen LogP contribution in [0.5, 0.6) is 0 Å². The molecule has 0 amide bonds. The maximum absolute atomic E-state index is 4.86. The highest BCUT2D eigenvalue weighted by molar-refractivity contribution is 8.93. The molecular formula is C16H20BrN3. The Kier molecular flexibility index (Phi) is 3.94. The van der Waals surface area contributed by atoms with E-state index in [-0.39, 0.29) is 17.0 Å². The van der Waals surface area contributed by atoms with Gasteiger partial charge >= 0.3 is 0 Å². The van der Waals surface area contributed by atoms with Gasteiger partial charge in [-0.25, -0.2) is 4.98 Å². The molecule has 4 heterocycles. The van der Waals surface area contributed by atoms with Crippen LogP contribution in [0.25, 0.3) is 10.9 Å². The number of fused-ring (bicyclic) bond motifs is 5. The van der Waals surface area contributed by atoms with Crippen LogP contribution < -0.4 is 4.90 Å². The molecule has 0 saturated carbocycles. The third kappa shape index (κ3) is 2.42. The summed E-state index contributed by atoms with van der Waals surface area (Å²) in [6.07, 6.45) is 2.57. The topological polar surface area (TPSA) is 19.4 Å². The molecule has 20 heavy (non-hydrogen) atoms. The zero-order chi connectivity index (χ0) is 12.7. The van der Waals surface area contributed by atoms with Gasteiger partial charge in [0.15, 0.2) is 0 Å². The molecule has 3 aliphatic rings. The summed E-state index contributed by atoms with van der Waals surface area (Å²) in [6.45, 7) is 4.82. The second-order valence-corrected chi connectivity index (χ2v) is 5.63. The lowest BCUT2D eigenvalue weighted by atomic mass is 10.1. The average Bonchev–Trinajstić information content (AvgIpc) is 2.80. The van der Waals surface area contributed by atoms with Gasteiger partial charge in [0.05, 0.1) is 5.52 Å². The summed E-state index contributed by atoms with van der Waals surface area (Å²) in [6, 6.07) is 13.5. The van der Waals surface area contributed by atoms with Crippen LogP contribution >= 0.6 is 17.0 Å². The molecule has 3 aliphatic heterocycles. The van der Waals surface area contributed by atoms with E-state index in [9.17, 15) is 0 Å². The Morgan fingerprint density at radius 3 is 2.55 bits per heavy atom. The van der Waals surface area contributed by atoms with Crippen LogP contribution in [0.2, 0.25) is 0 Å². The number of hydrogen-bond donors (Lipinski definition) is 0. The minimum absolute atomic E-state index is 0. The molecule has 1 aromatic heterocycles. The number of piperidine rings is 1. The molecule has 106 valence electrons. The monoisotopic (exact) mass is 333 g/mol. The molecule has 0 unspecified atom stereocenters. The average molecular weight is 334 g/mol. The highest BCUT2D eigenvalue weighted by Gasteiger charge is 2.29. The van der Waals surface area contributed by atoms with E-state index in [0.717, 1.165) is 17.9 Å². The van der Waals surface area contributed by atoms with Crippen LogP contribution in [-0.4, -0.2) is 42.1 Å². The van der Waals surface area contributed by atoms with Crippen LogP contribution in [0.1, 0.15) is 12.8 Å². The molecule has 0 N–H and O–H groups in total. The number of para-hydroxylation sites is 1. The molecule has 4 heteroatoms. The molecule has 0 atom stereocenters. The van der Waals surface area contributed by atoms with Gasteiger partial charge in [-0.1, -0.05) is 18.2 Å². The molecule has 2 aromatic rings. The van der Waals surface area contributed by atoms with Crippen molar-refractivity contribution in [2.75, 3.05) is 31.1 Å². The van der Waals surface area contributed by atoms with Crippen LogP contribution in [0.3, 0.4) is 0 Å². The highest BCUT2D eigenvalue weighted by Crippen LogP contribution is 2.26. The molecule has 2 bridgehead atoms. The Labute approximate surface area is 130 Å². The fourth-order valence-corrected chi connectivity index (χ4v) is 3.40. The second-order valence-electron chi connectivity index (χ2n) is 5.63. The van der Waals surface area contributed by atoms with Crippen molar-refractivity contribution >= 4 is 33.7 Å². The SMILES string of the molecule is Br.c1ccc2nc(N3CCN4CCC3CC4)ccc2c1. The minimum Gasteiger partial charge on any atom is -0.352 e. The Balaban J connectivity index is 0.00000121. The van der Waals surface area contributed by atoms with Crippen LogP contribution in [0.15, 0.2) is 36.4 Å². The normalized spacial score (nSPS) is 25.3. The lowest BCUT2D eigenvalue weighted by Crippen LogP contribution is -2.38. The van der Waals surface area contributed by atoms with E-state index in [4.69, 9.17) is 4.98 Å². The van der Waals surface area contributed by atoms with Crippen LogP contribution in [0.4, 0.5) is 5.82 Å². The van der Waals surface area contributed by atoms with Crippen molar-refractivity contribution in [3.8, 4) is 0 Å². The summed E-state index contributed by atoms with van der Waals surface area (Å²) in [4.78, 5) is 9.97. The lowest BCUT2D eigenvalue weighted by molar-refractivity contribution is 0.250. The Morgan fingerprint density at radius 1 is 0.900 bits per heavy atom. The smallest absolute Gasteiger partial charge is 0.129 e. The predicted molar refractivity (Wildman–Crippen MR) is 88.9 cm³/mol. The van der Waals surface area contributed by atoms with Gasteiger partial charge in [-0.15, -0.1) is 17.0 Å². The molecule has 3 saturated heterocycles. The Hall–Kier alpha value is -1.13. The van der Waals surface area contributed by atoms with Crippen molar-refractivity contribution in [2.45, 2.75) is 18.9 Å². The highest BCUT2D eigenvalue weighted by atomic mass is 79.9. The fourth-order valence-electron chi connectivity index (χ4n) is 3.40. The second kappa shape index (κ2) is 5.70. The summed E-state index contributed by atoms with van der Waals surface area (Å²) in [5.74, 6) is 1.16. The summed E-state index contributed by atoms with van der Waals surface area (Å²) in [7, 11) is 0. The number of pyridine rings is 1. The van der Waals surface area contributed by atoms with Gasteiger partial charge in [-0.3, -0.25) is 0 Å². The van der Waals surface area contributed by atoms with Crippen molar-refractivity contribution in [3.63, 3.8) is 0 Å².